The minimum atomic E-state index is -0.223. The van der Waals surface area contributed by atoms with E-state index < -0.39 is 0 Å². The lowest BCUT2D eigenvalue weighted by atomic mass is 10.1. The molecule has 0 spiro atoms. The van der Waals surface area contributed by atoms with Crippen LogP contribution in [-0.2, 0) is 4.74 Å². The molecule has 0 bridgehead atoms. The fourth-order valence-electron chi connectivity index (χ4n) is 1.31. The Kier molecular flexibility index (Phi) is 5.38. The summed E-state index contributed by atoms with van der Waals surface area (Å²) in [6.07, 6.45) is 4.00. The number of carbonyl (C=O) groups is 2. The van der Waals surface area contributed by atoms with Crippen molar-refractivity contribution in [3.63, 3.8) is 0 Å². The number of aldehydes is 1. The third kappa shape index (κ3) is 3.90. The van der Waals surface area contributed by atoms with Crippen LogP contribution in [0, 0.1) is 0 Å². The minimum Gasteiger partial charge on any atom is -0.499 e. The summed E-state index contributed by atoms with van der Waals surface area (Å²) < 4.78 is 5.04. The number of hydrogen-bond acceptors (Lipinski definition) is 3. The number of benzene rings is 1. The first kappa shape index (κ1) is 13.7. The van der Waals surface area contributed by atoms with Crippen molar-refractivity contribution in [2.24, 2.45) is 0 Å². The van der Waals surface area contributed by atoms with Crippen LogP contribution >= 0.6 is 0 Å². The van der Waals surface area contributed by atoms with E-state index >= 15 is 0 Å². The molecule has 0 aromatic heterocycles. The Labute approximate surface area is 106 Å². The third-order valence-electron chi connectivity index (χ3n) is 2.30. The number of ether oxygens (including phenoxy) is 1. The van der Waals surface area contributed by atoms with Crippen molar-refractivity contribution in [3.05, 3.63) is 59.9 Å². The molecule has 1 rings (SSSR count). The van der Waals surface area contributed by atoms with Crippen LogP contribution in [0.1, 0.15) is 20.7 Å². The molecule has 0 atom stereocenters. The van der Waals surface area contributed by atoms with Gasteiger partial charge in [-0.2, -0.15) is 0 Å². The second-order valence-corrected chi connectivity index (χ2v) is 3.50. The molecule has 4 heteroatoms. The summed E-state index contributed by atoms with van der Waals surface area (Å²) in [5, 5.41) is 2.70. The summed E-state index contributed by atoms with van der Waals surface area (Å²) in [7, 11) is 1.53. The van der Waals surface area contributed by atoms with Gasteiger partial charge in [0.15, 0.2) is 0 Å². The van der Waals surface area contributed by atoms with Crippen LogP contribution in [0.15, 0.2) is 48.8 Å². The molecule has 4 nitrogen and oxygen atoms in total. The number of hydrogen-bond donors (Lipinski definition) is 1. The highest BCUT2D eigenvalue weighted by Gasteiger charge is 2.05. The number of carbonyl (C=O) groups excluding carboxylic acids is 2. The predicted octanol–water partition coefficient (Wildman–Crippen LogP) is 1.95. The van der Waals surface area contributed by atoms with Gasteiger partial charge in [0.05, 0.1) is 13.7 Å². The second kappa shape index (κ2) is 7.06. The van der Waals surface area contributed by atoms with Crippen LogP contribution in [0.2, 0.25) is 0 Å². The molecule has 18 heavy (non-hydrogen) atoms. The molecular weight excluding hydrogens is 230 g/mol. The molecule has 0 unspecified atom stereocenters. The monoisotopic (exact) mass is 245 g/mol. The smallest absolute Gasteiger partial charge is 0.251 e. The molecule has 0 aliphatic heterocycles. The molecular formula is C14H15NO3. The maximum absolute atomic E-state index is 11.8. The van der Waals surface area contributed by atoms with Gasteiger partial charge in [-0.05, 0) is 18.2 Å². The second-order valence-electron chi connectivity index (χ2n) is 3.50. The Hall–Kier alpha value is -2.36. The topological polar surface area (TPSA) is 55.4 Å². The fraction of sp³-hybridized carbons (Fsp3) is 0.143. The summed E-state index contributed by atoms with van der Waals surface area (Å²) >= 11 is 0. The van der Waals surface area contributed by atoms with Gasteiger partial charge in [0.2, 0.25) is 0 Å². The van der Waals surface area contributed by atoms with Crippen LogP contribution in [-0.4, -0.2) is 25.8 Å². The van der Waals surface area contributed by atoms with Gasteiger partial charge in [-0.1, -0.05) is 24.8 Å². The Morgan fingerprint density at radius 1 is 1.39 bits per heavy atom. The van der Waals surface area contributed by atoms with Crippen molar-refractivity contribution in [2.75, 3.05) is 13.7 Å². The first-order valence-electron chi connectivity index (χ1n) is 5.40. The Bertz CT molecular complexity index is 460. The van der Waals surface area contributed by atoms with Crippen molar-refractivity contribution < 1.29 is 14.3 Å². The maximum atomic E-state index is 11.8. The van der Waals surface area contributed by atoms with Crippen LogP contribution in [0.5, 0.6) is 0 Å². The van der Waals surface area contributed by atoms with E-state index in [9.17, 15) is 9.59 Å². The van der Waals surface area contributed by atoms with Gasteiger partial charge in [-0.3, -0.25) is 9.59 Å². The molecule has 0 heterocycles. The van der Waals surface area contributed by atoms with E-state index in [2.05, 4.69) is 11.9 Å². The average molecular weight is 245 g/mol. The van der Waals surface area contributed by atoms with Crippen molar-refractivity contribution in [3.8, 4) is 0 Å². The first-order chi connectivity index (χ1) is 8.71. The number of amides is 1. The molecule has 0 saturated carbocycles. The van der Waals surface area contributed by atoms with E-state index in [4.69, 9.17) is 4.74 Å². The van der Waals surface area contributed by atoms with Gasteiger partial charge in [-0.25, -0.2) is 0 Å². The molecule has 1 amide bonds. The lowest BCUT2D eigenvalue weighted by Gasteiger charge is -2.07. The SMILES string of the molecule is C=C/C=C(/CNC(=O)c1ccc(C=O)cc1)OC. The predicted molar refractivity (Wildman–Crippen MR) is 69.5 cm³/mol. The van der Waals surface area contributed by atoms with Gasteiger partial charge in [0.25, 0.3) is 5.91 Å². The van der Waals surface area contributed by atoms with Crippen LogP contribution < -0.4 is 5.32 Å². The summed E-state index contributed by atoms with van der Waals surface area (Å²) in [6.45, 7) is 3.84. The highest BCUT2D eigenvalue weighted by molar-refractivity contribution is 5.94. The highest BCUT2D eigenvalue weighted by Crippen LogP contribution is 2.03. The number of methoxy groups -OCH3 is 1. The average Bonchev–Trinajstić information content (AvgIpc) is 2.43. The number of rotatable bonds is 6. The zero-order valence-corrected chi connectivity index (χ0v) is 10.2. The molecule has 0 radical (unpaired) electrons. The van der Waals surface area contributed by atoms with E-state index in [0.717, 1.165) is 6.29 Å². The van der Waals surface area contributed by atoms with Crippen molar-refractivity contribution in [1.29, 1.82) is 0 Å². The summed E-state index contributed by atoms with van der Waals surface area (Å²) in [5.41, 5.74) is 1.03. The van der Waals surface area contributed by atoms with Crippen LogP contribution in [0.3, 0.4) is 0 Å². The summed E-state index contributed by atoms with van der Waals surface area (Å²) in [6, 6.07) is 6.39. The van der Waals surface area contributed by atoms with E-state index in [1.165, 1.54) is 7.11 Å². The van der Waals surface area contributed by atoms with E-state index in [1.807, 2.05) is 0 Å². The van der Waals surface area contributed by atoms with Gasteiger partial charge in [0.1, 0.15) is 12.0 Å². The van der Waals surface area contributed by atoms with Gasteiger partial charge in [-0.15, -0.1) is 0 Å². The van der Waals surface area contributed by atoms with Gasteiger partial charge in [0, 0.05) is 11.1 Å². The fourth-order valence-corrected chi connectivity index (χ4v) is 1.31. The molecule has 94 valence electrons. The Balaban J connectivity index is 2.62. The number of nitrogens with one attached hydrogen (secondary N) is 1. The maximum Gasteiger partial charge on any atom is 0.251 e. The summed E-state index contributed by atoms with van der Waals surface area (Å²) in [4.78, 5) is 22.2. The van der Waals surface area contributed by atoms with E-state index in [1.54, 1.807) is 36.4 Å². The van der Waals surface area contributed by atoms with Crippen LogP contribution in [0.25, 0.3) is 0 Å². The minimum absolute atomic E-state index is 0.223. The molecule has 1 aromatic carbocycles. The zero-order valence-electron chi connectivity index (χ0n) is 10.2. The normalized spacial score (nSPS) is 10.6. The lowest BCUT2D eigenvalue weighted by Crippen LogP contribution is -2.26. The van der Waals surface area contributed by atoms with Gasteiger partial charge < -0.3 is 10.1 Å². The molecule has 0 aliphatic carbocycles. The molecule has 0 aliphatic rings. The lowest BCUT2D eigenvalue weighted by molar-refractivity contribution is 0.0949. The molecule has 1 aromatic rings. The molecule has 0 saturated heterocycles. The first-order valence-corrected chi connectivity index (χ1v) is 5.40. The zero-order chi connectivity index (χ0) is 13.4. The molecule has 0 fully saturated rings. The van der Waals surface area contributed by atoms with Crippen molar-refractivity contribution in [2.45, 2.75) is 0 Å². The molecule has 1 N–H and O–H groups in total. The Morgan fingerprint density at radius 3 is 2.56 bits per heavy atom. The largest absolute Gasteiger partial charge is 0.499 e. The number of allylic oxidation sites excluding steroid dienone is 2. The van der Waals surface area contributed by atoms with Crippen molar-refractivity contribution in [1.82, 2.24) is 5.32 Å². The van der Waals surface area contributed by atoms with Crippen LogP contribution in [0.4, 0.5) is 0 Å². The quantitative estimate of drug-likeness (QED) is 0.473. The van der Waals surface area contributed by atoms with Gasteiger partial charge >= 0.3 is 0 Å². The van der Waals surface area contributed by atoms with E-state index in [0.29, 0.717) is 16.9 Å². The summed E-state index contributed by atoms with van der Waals surface area (Å²) in [5.74, 6) is 0.391. The standard InChI is InChI=1S/C14H15NO3/c1-3-4-13(18-2)9-15-14(17)12-7-5-11(10-16)6-8-12/h3-8,10H,1,9H2,2H3,(H,15,17)/b13-4-. The van der Waals surface area contributed by atoms with Crippen molar-refractivity contribution >= 4 is 12.2 Å². The highest BCUT2D eigenvalue weighted by atomic mass is 16.5. The van der Waals surface area contributed by atoms with E-state index in [-0.39, 0.29) is 12.5 Å². The Morgan fingerprint density at radius 2 is 2.06 bits per heavy atom. The third-order valence-corrected chi connectivity index (χ3v) is 2.30.